The lowest BCUT2D eigenvalue weighted by Crippen LogP contribution is -2.26. The maximum absolute atomic E-state index is 11.8. The number of carbonyl (C=O) groups excluding carboxylic acids is 1. The molecule has 18 heavy (non-hydrogen) atoms. The Kier molecular flexibility index (Phi) is 6.21. The second kappa shape index (κ2) is 7.71. The van der Waals surface area contributed by atoms with Gasteiger partial charge in [0.1, 0.15) is 0 Å². The number of amides is 1. The molecule has 2 N–H and O–H groups in total. The lowest BCUT2D eigenvalue weighted by Gasteiger charge is -2.06. The minimum Gasteiger partial charge on any atom is -0.478 e. The Hall–Kier alpha value is -1.56. The molecule has 1 aromatic heterocycles. The number of thioether (sulfide) groups is 1. The molecule has 0 unspecified atom stereocenters. The molecule has 6 heteroatoms. The second-order valence-electron chi connectivity index (χ2n) is 3.53. The van der Waals surface area contributed by atoms with E-state index in [1.807, 2.05) is 11.8 Å². The molecule has 0 saturated carbocycles. The van der Waals surface area contributed by atoms with Crippen LogP contribution in [0.5, 0.6) is 0 Å². The SMILES string of the molecule is CCSCCCNC(=O)c1ccncc1C(=O)O. The summed E-state index contributed by atoms with van der Waals surface area (Å²) in [4.78, 5) is 26.4. The number of carbonyl (C=O) groups is 2. The molecule has 0 aliphatic rings. The summed E-state index contributed by atoms with van der Waals surface area (Å²) in [5.74, 6) is 0.534. The molecule has 0 aliphatic heterocycles. The number of aromatic nitrogens is 1. The van der Waals surface area contributed by atoms with Gasteiger partial charge in [-0.2, -0.15) is 11.8 Å². The Morgan fingerprint density at radius 3 is 2.89 bits per heavy atom. The largest absolute Gasteiger partial charge is 0.478 e. The number of hydrogen-bond acceptors (Lipinski definition) is 4. The summed E-state index contributed by atoms with van der Waals surface area (Å²) < 4.78 is 0. The predicted molar refractivity (Wildman–Crippen MR) is 71.1 cm³/mol. The monoisotopic (exact) mass is 268 g/mol. The van der Waals surface area contributed by atoms with Crippen LogP contribution in [0.15, 0.2) is 18.5 Å². The van der Waals surface area contributed by atoms with Crippen molar-refractivity contribution in [2.24, 2.45) is 0 Å². The molecule has 0 saturated heterocycles. The number of aromatic carboxylic acids is 1. The summed E-state index contributed by atoms with van der Waals surface area (Å²) in [7, 11) is 0. The average molecular weight is 268 g/mol. The van der Waals surface area contributed by atoms with Crippen LogP contribution in [0.3, 0.4) is 0 Å². The molecule has 1 aromatic rings. The summed E-state index contributed by atoms with van der Waals surface area (Å²) in [5, 5.41) is 11.6. The van der Waals surface area contributed by atoms with E-state index in [0.717, 1.165) is 17.9 Å². The molecule has 1 heterocycles. The van der Waals surface area contributed by atoms with Gasteiger partial charge in [-0.05, 0) is 24.0 Å². The zero-order chi connectivity index (χ0) is 13.4. The van der Waals surface area contributed by atoms with E-state index < -0.39 is 5.97 Å². The first-order chi connectivity index (χ1) is 8.66. The van der Waals surface area contributed by atoms with E-state index in [4.69, 9.17) is 5.11 Å². The fourth-order valence-electron chi connectivity index (χ4n) is 1.38. The third kappa shape index (κ3) is 4.37. The lowest BCUT2D eigenvalue weighted by molar-refractivity contribution is 0.0690. The van der Waals surface area contributed by atoms with Crippen LogP contribution in [0.1, 0.15) is 34.1 Å². The lowest BCUT2D eigenvalue weighted by atomic mass is 10.1. The van der Waals surface area contributed by atoms with Crippen molar-refractivity contribution in [2.75, 3.05) is 18.1 Å². The molecule has 5 nitrogen and oxygen atoms in total. The Morgan fingerprint density at radius 2 is 2.22 bits per heavy atom. The molecule has 98 valence electrons. The zero-order valence-corrected chi connectivity index (χ0v) is 11.0. The van der Waals surface area contributed by atoms with Crippen LogP contribution in [-0.4, -0.2) is 40.0 Å². The predicted octanol–water partition coefficient (Wildman–Crippen LogP) is 1.65. The van der Waals surface area contributed by atoms with Gasteiger partial charge >= 0.3 is 5.97 Å². The summed E-state index contributed by atoms with van der Waals surface area (Å²) >= 11 is 1.81. The molecular formula is C12H16N2O3S. The van der Waals surface area contributed by atoms with Gasteiger partial charge in [-0.1, -0.05) is 6.92 Å². The first-order valence-corrected chi connectivity index (χ1v) is 6.85. The molecule has 1 rings (SSSR count). The van der Waals surface area contributed by atoms with Crippen LogP contribution in [0, 0.1) is 0 Å². The van der Waals surface area contributed by atoms with Crippen molar-refractivity contribution < 1.29 is 14.7 Å². The maximum atomic E-state index is 11.8. The molecule has 0 atom stereocenters. The number of rotatable bonds is 7. The van der Waals surface area contributed by atoms with E-state index in [2.05, 4.69) is 17.2 Å². The summed E-state index contributed by atoms with van der Waals surface area (Å²) in [6.45, 7) is 2.63. The van der Waals surface area contributed by atoms with Crippen molar-refractivity contribution >= 4 is 23.6 Å². The second-order valence-corrected chi connectivity index (χ2v) is 4.93. The van der Waals surface area contributed by atoms with Crippen LogP contribution in [0.4, 0.5) is 0 Å². The van der Waals surface area contributed by atoms with E-state index >= 15 is 0 Å². The van der Waals surface area contributed by atoms with E-state index in [-0.39, 0.29) is 17.0 Å². The van der Waals surface area contributed by atoms with Crippen molar-refractivity contribution in [3.05, 3.63) is 29.6 Å². The van der Waals surface area contributed by atoms with Crippen LogP contribution in [0.25, 0.3) is 0 Å². The van der Waals surface area contributed by atoms with Crippen molar-refractivity contribution in [1.82, 2.24) is 10.3 Å². The number of hydrogen-bond donors (Lipinski definition) is 2. The van der Waals surface area contributed by atoms with Gasteiger partial charge in [0, 0.05) is 18.9 Å². The van der Waals surface area contributed by atoms with E-state index in [1.165, 1.54) is 18.5 Å². The van der Waals surface area contributed by atoms with Crippen LogP contribution in [0.2, 0.25) is 0 Å². The van der Waals surface area contributed by atoms with E-state index in [1.54, 1.807) is 0 Å². The number of nitrogens with one attached hydrogen (secondary N) is 1. The first kappa shape index (κ1) is 14.5. The summed E-state index contributed by atoms with van der Waals surface area (Å²) in [6, 6.07) is 1.42. The Labute approximate surface area is 110 Å². The highest BCUT2D eigenvalue weighted by Crippen LogP contribution is 2.07. The molecule has 0 bridgehead atoms. The van der Waals surface area contributed by atoms with Gasteiger partial charge in [-0.15, -0.1) is 0 Å². The van der Waals surface area contributed by atoms with Crippen LogP contribution in [-0.2, 0) is 0 Å². The third-order valence-corrected chi connectivity index (χ3v) is 3.24. The standard InChI is InChI=1S/C12H16N2O3S/c1-2-18-7-3-5-14-11(15)9-4-6-13-8-10(9)12(16)17/h4,6,8H,2-3,5,7H2,1H3,(H,14,15)(H,16,17). The zero-order valence-electron chi connectivity index (χ0n) is 10.2. The van der Waals surface area contributed by atoms with Crippen molar-refractivity contribution in [1.29, 1.82) is 0 Å². The third-order valence-electron chi connectivity index (χ3n) is 2.25. The van der Waals surface area contributed by atoms with Crippen molar-refractivity contribution in [3.63, 3.8) is 0 Å². The van der Waals surface area contributed by atoms with Crippen molar-refractivity contribution in [2.45, 2.75) is 13.3 Å². The van der Waals surface area contributed by atoms with E-state index in [0.29, 0.717) is 6.54 Å². The molecule has 0 aromatic carbocycles. The van der Waals surface area contributed by atoms with Crippen LogP contribution >= 0.6 is 11.8 Å². The van der Waals surface area contributed by atoms with Crippen molar-refractivity contribution in [3.8, 4) is 0 Å². The van der Waals surface area contributed by atoms with Gasteiger partial charge in [0.2, 0.25) is 0 Å². The number of carboxylic acid groups (broad SMARTS) is 1. The molecule has 0 fully saturated rings. The minimum atomic E-state index is -1.14. The number of pyridine rings is 1. The van der Waals surface area contributed by atoms with Gasteiger partial charge in [-0.25, -0.2) is 4.79 Å². The maximum Gasteiger partial charge on any atom is 0.338 e. The smallest absolute Gasteiger partial charge is 0.338 e. The fourth-order valence-corrected chi connectivity index (χ4v) is 2.02. The molecule has 1 amide bonds. The van der Waals surface area contributed by atoms with Gasteiger partial charge in [-0.3, -0.25) is 9.78 Å². The Balaban J connectivity index is 2.54. The van der Waals surface area contributed by atoms with Gasteiger partial charge < -0.3 is 10.4 Å². The summed E-state index contributed by atoms with van der Waals surface area (Å²) in [6.07, 6.45) is 3.47. The Morgan fingerprint density at radius 1 is 1.44 bits per heavy atom. The number of carboxylic acids is 1. The van der Waals surface area contributed by atoms with Gasteiger partial charge in [0.05, 0.1) is 11.1 Å². The molecular weight excluding hydrogens is 252 g/mol. The summed E-state index contributed by atoms with van der Waals surface area (Å²) in [5.41, 5.74) is 0.0820. The highest BCUT2D eigenvalue weighted by atomic mass is 32.2. The molecule has 0 radical (unpaired) electrons. The van der Waals surface area contributed by atoms with E-state index in [9.17, 15) is 9.59 Å². The quantitative estimate of drug-likeness (QED) is 0.735. The van der Waals surface area contributed by atoms with Gasteiger partial charge in [0.25, 0.3) is 5.91 Å². The molecule has 0 spiro atoms. The highest BCUT2D eigenvalue weighted by molar-refractivity contribution is 7.99. The average Bonchev–Trinajstić information content (AvgIpc) is 2.38. The van der Waals surface area contributed by atoms with Crippen LogP contribution < -0.4 is 5.32 Å². The first-order valence-electron chi connectivity index (χ1n) is 5.70. The Bertz CT molecular complexity index is 424. The highest BCUT2D eigenvalue weighted by Gasteiger charge is 2.15. The number of nitrogens with zero attached hydrogens (tertiary/aromatic N) is 1. The minimum absolute atomic E-state index is 0.0714. The fraction of sp³-hybridized carbons (Fsp3) is 0.417. The topological polar surface area (TPSA) is 79.3 Å². The normalized spacial score (nSPS) is 10.1. The molecule has 0 aliphatic carbocycles. The van der Waals surface area contributed by atoms with Gasteiger partial charge in [0.15, 0.2) is 0 Å².